The van der Waals surface area contributed by atoms with Gasteiger partial charge in [-0.25, -0.2) is 9.88 Å². The number of aromatic nitrogens is 1. The Hall–Kier alpha value is -4.55. The fourth-order valence-electron chi connectivity index (χ4n) is 4.01. The van der Waals surface area contributed by atoms with Gasteiger partial charge < -0.3 is 15.8 Å². The Morgan fingerprint density at radius 2 is 1.80 bits per heavy atom. The summed E-state index contributed by atoms with van der Waals surface area (Å²) in [5.41, 5.74) is 4.08. The largest absolute Gasteiger partial charge is 0.733 e. The van der Waals surface area contributed by atoms with Gasteiger partial charge in [0.25, 0.3) is 17.7 Å². The summed E-state index contributed by atoms with van der Waals surface area (Å²) in [7, 11) is 0. The molecule has 40 heavy (non-hydrogen) atoms. The van der Waals surface area contributed by atoms with Crippen LogP contribution in [0.1, 0.15) is 21.5 Å². The smallest absolute Gasteiger partial charge is 0.283 e. The third kappa shape index (κ3) is 5.31. The lowest BCUT2D eigenvalue weighted by atomic mass is 10.1. The van der Waals surface area contributed by atoms with Gasteiger partial charge in [-0.15, -0.1) is 11.3 Å². The normalized spacial score (nSPS) is 13.2. The predicted molar refractivity (Wildman–Crippen MR) is 154 cm³/mol. The van der Waals surface area contributed by atoms with Gasteiger partial charge in [0.1, 0.15) is 10.7 Å². The van der Waals surface area contributed by atoms with Crippen LogP contribution < -0.4 is 20.8 Å². The molecule has 1 aliphatic heterocycles. The maximum Gasteiger partial charge on any atom is 0.283 e. The molecular weight excluding hydrogens is 554 g/mol. The maximum absolute atomic E-state index is 13.1. The van der Waals surface area contributed by atoms with Crippen molar-refractivity contribution < 1.29 is 19.6 Å². The van der Waals surface area contributed by atoms with E-state index in [9.17, 15) is 19.6 Å². The van der Waals surface area contributed by atoms with Gasteiger partial charge in [0, 0.05) is 22.2 Å². The van der Waals surface area contributed by atoms with Crippen molar-refractivity contribution in [3.8, 4) is 11.3 Å². The zero-order valence-corrected chi connectivity index (χ0v) is 22.7. The number of hydrogen-bond donors (Lipinski definition) is 3. The van der Waals surface area contributed by atoms with Gasteiger partial charge in [0.2, 0.25) is 0 Å². The number of amides is 3. The molecule has 3 N–H and O–H groups in total. The van der Waals surface area contributed by atoms with Gasteiger partial charge in [0.15, 0.2) is 5.13 Å². The SMILES string of the molecule is Cc1ccc(N2C(=O)C(Cl)=C(Nc3cccc(C(=O)Nc4nc(-c5cccc(N([O-])O)c5)cs4)c3)C2=O)cc1C. The van der Waals surface area contributed by atoms with Crippen molar-refractivity contribution in [3.05, 3.63) is 105 Å². The van der Waals surface area contributed by atoms with Gasteiger partial charge in [-0.2, -0.15) is 0 Å². The molecule has 5 rings (SSSR count). The second kappa shape index (κ2) is 10.9. The lowest BCUT2D eigenvalue weighted by Gasteiger charge is -2.21. The number of carbonyl (C=O) groups excluding carboxylic acids is 3. The summed E-state index contributed by atoms with van der Waals surface area (Å²) in [4.78, 5) is 44.3. The number of imide groups is 1. The van der Waals surface area contributed by atoms with E-state index in [-0.39, 0.29) is 27.2 Å². The van der Waals surface area contributed by atoms with E-state index in [1.54, 1.807) is 47.8 Å². The standard InChI is InChI=1S/C28H21ClN5O5S/c1-15-9-10-20(11-16(15)2)33-26(36)23(29)24(27(33)37)30-19-7-3-6-18(12-19)25(35)32-28-31-22(14-40-28)17-5-4-8-21(13-17)34(38)39/h3-14,30,38H,1-2H3,(H,31,32,35)/q-1. The molecule has 0 saturated carbocycles. The van der Waals surface area contributed by atoms with Crippen molar-refractivity contribution in [3.63, 3.8) is 0 Å². The minimum Gasteiger partial charge on any atom is -0.733 e. The number of aryl methyl sites for hydroxylation is 2. The number of nitrogens with zero attached hydrogens (tertiary/aromatic N) is 3. The Kier molecular flexibility index (Phi) is 7.37. The fraction of sp³-hybridized carbons (Fsp3) is 0.0714. The molecular formula is C28H21ClN5O5S-. The number of anilines is 4. The lowest BCUT2D eigenvalue weighted by Crippen LogP contribution is -2.32. The van der Waals surface area contributed by atoms with Crippen LogP contribution in [0, 0.1) is 19.1 Å². The number of thiazole rings is 1. The van der Waals surface area contributed by atoms with E-state index in [1.165, 1.54) is 29.5 Å². The molecule has 1 aromatic heterocycles. The van der Waals surface area contributed by atoms with E-state index in [2.05, 4.69) is 15.6 Å². The Balaban J connectivity index is 1.30. The molecule has 0 saturated heterocycles. The molecule has 4 aromatic rings. The quantitative estimate of drug-likeness (QED) is 0.186. The van der Waals surface area contributed by atoms with Crippen molar-refractivity contribution in [1.29, 1.82) is 0 Å². The number of nitrogens with one attached hydrogen (secondary N) is 2. The Labute approximate surface area is 237 Å². The van der Waals surface area contributed by atoms with Gasteiger partial charge in [-0.05, 0) is 67.4 Å². The van der Waals surface area contributed by atoms with Crippen LogP contribution in [0.25, 0.3) is 11.3 Å². The molecule has 0 atom stereocenters. The second-order valence-corrected chi connectivity index (χ2v) is 10.2. The average Bonchev–Trinajstić information content (AvgIpc) is 3.49. The minimum absolute atomic E-state index is 0.0511. The number of halogens is 1. The highest BCUT2D eigenvalue weighted by Gasteiger charge is 2.39. The van der Waals surface area contributed by atoms with Gasteiger partial charge in [0.05, 0.1) is 17.1 Å². The number of carbonyl (C=O) groups is 3. The third-order valence-corrected chi connectivity index (χ3v) is 7.37. The first-order valence-electron chi connectivity index (χ1n) is 11.9. The predicted octanol–water partition coefficient (Wildman–Crippen LogP) is 5.81. The van der Waals surface area contributed by atoms with Crippen LogP contribution in [0.2, 0.25) is 0 Å². The van der Waals surface area contributed by atoms with Crippen molar-refractivity contribution in [2.75, 3.05) is 20.8 Å². The van der Waals surface area contributed by atoms with Crippen molar-refractivity contribution >= 4 is 62.9 Å². The molecule has 3 aromatic carbocycles. The van der Waals surface area contributed by atoms with Crippen LogP contribution >= 0.6 is 22.9 Å². The first-order valence-corrected chi connectivity index (χ1v) is 13.1. The summed E-state index contributed by atoms with van der Waals surface area (Å²) < 4.78 is 0. The maximum atomic E-state index is 13.1. The Morgan fingerprint density at radius 1 is 1.02 bits per heavy atom. The van der Waals surface area contributed by atoms with Crippen LogP contribution in [0.3, 0.4) is 0 Å². The van der Waals surface area contributed by atoms with Gasteiger partial charge in [-0.1, -0.05) is 35.9 Å². The van der Waals surface area contributed by atoms with E-state index in [0.29, 0.717) is 27.8 Å². The Bertz CT molecular complexity index is 1700. The van der Waals surface area contributed by atoms with E-state index in [1.807, 2.05) is 19.9 Å². The summed E-state index contributed by atoms with van der Waals surface area (Å²) in [5, 5.41) is 27.5. The molecule has 0 radical (unpaired) electrons. The van der Waals surface area contributed by atoms with Crippen LogP contribution in [0.4, 0.5) is 22.2 Å². The third-order valence-electron chi connectivity index (χ3n) is 6.26. The lowest BCUT2D eigenvalue weighted by molar-refractivity contribution is -0.120. The van der Waals surface area contributed by atoms with E-state index >= 15 is 0 Å². The van der Waals surface area contributed by atoms with Gasteiger partial charge >= 0.3 is 0 Å². The molecule has 2 heterocycles. The van der Waals surface area contributed by atoms with Crippen LogP contribution in [-0.4, -0.2) is 27.9 Å². The molecule has 12 heteroatoms. The monoisotopic (exact) mass is 574 g/mol. The molecule has 10 nitrogen and oxygen atoms in total. The highest BCUT2D eigenvalue weighted by atomic mass is 35.5. The zero-order chi connectivity index (χ0) is 28.6. The van der Waals surface area contributed by atoms with Crippen LogP contribution in [0.15, 0.2) is 82.8 Å². The summed E-state index contributed by atoms with van der Waals surface area (Å²) in [6.07, 6.45) is 0. The Morgan fingerprint density at radius 3 is 2.55 bits per heavy atom. The molecule has 0 aliphatic carbocycles. The summed E-state index contributed by atoms with van der Waals surface area (Å²) in [6.45, 7) is 3.82. The zero-order valence-electron chi connectivity index (χ0n) is 21.1. The summed E-state index contributed by atoms with van der Waals surface area (Å²) in [5.74, 6) is -1.70. The van der Waals surface area contributed by atoms with E-state index in [0.717, 1.165) is 16.0 Å². The molecule has 3 amide bonds. The first kappa shape index (κ1) is 27.0. The molecule has 202 valence electrons. The van der Waals surface area contributed by atoms with Gasteiger partial charge in [-0.3, -0.25) is 24.9 Å². The van der Waals surface area contributed by atoms with Crippen molar-refractivity contribution in [2.24, 2.45) is 0 Å². The number of hydrogen-bond acceptors (Lipinski definition) is 9. The molecule has 0 bridgehead atoms. The van der Waals surface area contributed by atoms with Crippen LogP contribution in [0.5, 0.6) is 0 Å². The van der Waals surface area contributed by atoms with E-state index in [4.69, 9.17) is 16.8 Å². The summed E-state index contributed by atoms with van der Waals surface area (Å²) in [6, 6.07) is 17.9. The average molecular weight is 575 g/mol. The topological polar surface area (TPSA) is 138 Å². The van der Waals surface area contributed by atoms with Crippen molar-refractivity contribution in [1.82, 2.24) is 4.98 Å². The van der Waals surface area contributed by atoms with E-state index < -0.39 is 17.7 Å². The van der Waals surface area contributed by atoms with Crippen LogP contribution in [-0.2, 0) is 9.59 Å². The highest BCUT2D eigenvalue weighted by Crippen LogP contribution is 2.32. The highest BCUT2D eigenvalue weighted by molar-refractivity contribution is 7.14. The number of rotatable bonds is 7. The number of benzene rings is 3. The molecule has 0 fully saturated rings. The molecule has 0 spiro atoms. The fourth-order valence-corrected chi connectivity index (χ4v) is 4.94. The first-order chi connectivity index (χ1) is 19.1. The summed E-state index contributed by atoms with van der Waals surface area (Å²) >= 11 is 7.45. The molecule has 0 unspecified atom stereocenters. The molecule has 1 aliphatic rings. The second-order valence-electron chi connectivity index (χ2n) is 8.92. The van der Waals surface area contributed by atoms with Crippen molar-refractivity contribution in [2.45, 2.75) is 13.8 Å². The minimum atomic E-state index is -0.640.